The molecule has 4 N–H and O–H groups in total. The van der Waals surface area contributed by atoms with Gasteiger partial charge in [0.1, 0.15) is 5.82 Å². The molecule has 1 amide bonds. The van der Waals surface area contributed by atoms with Crippen molar-refractivity contribution in [1.29, 1.82) is 5.41 Å². The van der Waals surface area contributed by atoms with Crippen molar-refractivity contribution in [3.05, 3.63) is 77.1 Å². The van der Waals surface area contributed by atoms with Crippen LogP contribution in [0, 0.1) is 11.2 Å². The summed E-state index contributed by atoms with van der Waals surface area (Å²) in [5.41, 5.74) is 7.46. The minimum Gasteiger partial charge on any atom is -0.396 e. The molecule has 3 aromatic rings. The molecule has 5 heteroatoms. The summed E-state index contributed by atoms with van der Waals surface area (Å²) in [5, 5.41) is 13.2. The molecule has 0 aliphatic heterocycles. The van der Waals surface area contributed by atoms with Crippen molar-refractivity contribution < 1.29 is 9.18 Å². The average molecular weight is 335 g/mol. The van der Waals surface area contributed by atoms with Crippen LogP contribution in [0.3, 0.4) is 0 Å². The lowest BCUT2D eigenvalue weighted by molar-refractivity contribution is -0.119. The number of hydrogen-bond acceptors (Lipinski definition) is 3. The van der Waals surface area contributed by atoms with E-state index in [4.69, 9.17) is 11.1 Å². The number of anilines is 1. The third-order valence-corrected chi connectivity index (χ3v) is 4.04. The normalized spacial score (nSPS) is 10.6. The quantitative estimate of drug-likeness (QED) is 0.503. The fourth-order valence-electron chi connectivity index (χ4n) is 2.71. The van der Waals surface area contributed by atoms with E-state index in [1.165, 1.54) is 13.0 Å². The molecule has 0 aromatic heterocycles. The average Bonchev–Trinajstić information content (AvgIpc) is 2.61. The van der Waals surface area contributed by atoms with Gasteiger partial charge in [0.05, 0.1) is 11.4 Å². The maximum atomic E-state index is 14.2. The lowest BCUT2D eigenvalue weighted by Gasteiger charge is -2.12. The SMILES string of the molecule is CC(=O)NCc1cc(F)c(N)c(C(=N)c2ccc3ccccc3c2)c1. The zero-order chi connectivity index (χ0) is 18.0. The Bertz CT molecular complexity index is 982. The lowest BCUT2D eigenvalue weighted by atomic mass is 9.96. The van der Waals surface area contributed by atoms with Crippen LogP contribution in [0.25, 0.3) is 10.8 Å². The summed E-state index contributed by atoms with van der Waals surface area (Å²) in [6.45, 7) is 1.58. The maximum Gasteiger partial charge on any atom is 0.217 e. The molecule has 0 fully saturated rings. The van der Waals surface area contributed by atoms with Crippen LogP contribution in [0.4, 0.5) is 10.1 Å². The van der Waals surface area contributed by atoms with Crippen LogP contribution < -0.4 is 11.1 Å². The molecule has 0 aliphatic rings. The summed E-state index contributed by atoms with van der Waals surface area (Å²) in [7, 11) is 0. The molecule has 25 heavy (non-hydrogen) atoms. The number of carbonyl (C=O) groups excluding carboxylic acids is 1. The van der Waals surface area contributed by atoms with Gasteiger partial charge >= 0.3 is 0 Å². The number of carbonyl (C=O) groups is 1. The van der Waals surface area contributed by atoms with Crippen LogP contribution in [0.1, 0.15) is 23.6 Å². The van der Waals surface area contributed by atoms with Crippen molar-refractivity contribution >= 4 is 28.1 Å². The molecule has 0 heterocycles. The highest BCUT2D eigenvalue weighted by atomic mass is 19.1. The van der Waals surface area contributed by atoms with Crippen molar-refractivity contribution in [2.45, 2.75) is 13.5 Å². The second kappa shape index (κ2) is 6.73. The van der Waals surface area contributed by atoms with Gasteiger partial charge in [0.2, 0.25) is 5.91 Å². The van der Waals surface area contributed by atoms with E-state index in [1.807, 2.05) is 42.5 Å². The lowest BCUT2D eigenvalue weighted by Crippen LogP contribution is -2.19. The summed E-state index contributed by atoms with van der Waals surface area (Å²) >= 11 is 0. The van der Waals surface area contributed by atoms with Crippen LogP contribution in [-0.2, 0) is 11.3 Å². The number of hydrogen-bond donors (Lipinski definition) is 3. The number of benzene rings is 3. The Morgan fingerprint density at radius 3 is 2.56 bits per heavy atom. The second-order valence-corrected chi connectivity index (χ2v) is 5.89. The monoisotopic (exact) mass is 335 g/mol. The summed E-state index contributed by atoms with van der Waals surface area (Å²) in [6.07, 6.45) is 0. The molecular formula is C20H18FN3O. The zero-order valence-corrected chi connectivity index (χ0v) is 13.8. The first-order chi connectivity index (χ1) is 12.0. The van der Waals surface area contributed by atoms with Crippen molar-refractivity contribution in [3.8, 4) is 0 Å². The standard InChI is InChI=1S/C20H18FN3O/c1-12(25)24-11-13-8-17(20(23)18(21)9-13)19(22)16-7-6-14-4-2-3-5-15(14)10-16/h2-10,22H,11,23H2,1H3,(H,24,25). The fourth-order valence-corrected chi connectivity index (χ4v) is 2.71. The van der Waals surface area contributed by atoms with E-state index in [1.54, 1.807) is 6.07 Å². The molecule has 0 saturated carbocycles. The third kappa shape index (κ3) is 3.50. The van der Waals surface area contributed by atoms with Crippen LogP contribution in [0.15, 0.2) is 54.6 Å². The summed E-state index contributed by atoms with van der Waals surface area (Å²) < 4.78 is 14.2. The number of amides is 1. The molecular weight excluding hydrogens is 317 g/mol. The van der Waals surface area contributed by atoms with Gasteiger partial charge in [0.25, 0.3) is 0 Å². The van der Waals surface area contributed by atoms with Crippen LogP contribution in [0.2, 0.25) is 0 Å². The van der Waals surface area contributed by atoms with Crippen LogP contribution in [-0.4, -0.2) is 11.6 Å². The molecule has 4 nitrogen and oxygen atoms in total. The van der Waals surface area contributed by atoms with Gasteiger partial charge in [-0.15, -0.1) is 0 Å². The summed E-state index contributed by atoms with van der Waals surface area (Å²) in [5.74, 6) is -0.799. The number of nitrogen functional groups attached to an aromatic ring is 1. The number of nitrogens with two attached hydrogens (primary N) is 1. The smallest absolute Gasteiger partial charge is 0.217 e. The fraction of sp³-hybridized carbons (Fsp3) is 0.100. The molecule has 126 valence electrons. The van der Waals surface area contributed by atoms with Crippen LogP contribution in [0.5, 0.6) is 0 Å². The highest BCUT2D eigenvalue weighted by molar-refractivity contribution is 6.15. The first-order valence-electron chi connectivity index (χ1n) is 7.86. The van der Waals surface area contributed by atoms with E-state index in [-0.39, 0.29) is 23.9 Å². The van der Waals surface area contributed by atoms with E-state index in [2.05, 4.69) is 5.32 Å². The van der Waals surface area contributed by atoms with Crippen molar-refractivity contribution in [2.75, 3.05) is 5.73 Å². The van der Waals surface area contributed by atoms with E-state index in [0.717, 1.165) is 10.8 Å². The molecule has 0 spiro atoms. The van der Waals surface area contributed by atoms with Gasteiger partial charge in [0.15, 0.2) is 0 Å². The Morgan fingerprint density at radius 1 is 1.12 bits per heavy atom. The number of halogens is 1. The van der Waals surface area contributed by atoms with Gasteiger partial charge in [0, 0.05) is 24.6 Å². The topological polar surface area (TPSA) is 79.0 Å². The van der Waals surface area contributed by atoms with Gasteiger partial charge in [-0.3, -0.25) is 10.2 Å². The predicted octanol–water partition coefficient (Wildman–Crippen LogP) is 3.61. The van der Waals surface area contributed by atoms with Gasteiger partial charge < -0.3 is 11.1 Å². The Kier molecular flexibility index (Phi) is 4.48. The Hall–Kier alpha value is -3.21. The molecule has 0 unspecified atom stereocenters. The van der Waals surface area contributed by atoms with Crippen molar-refractivity contribution in [2.24, 2.45) is 0 Å². The van der Waals surface area contributed by atoms with E-state index < -0.39 is 5.82 Å². The Balaban J connectivity index is 2.01. The van der Waals surface area contributed by atoms with Gasteiger partial charge in [-0.1, -0.05) is 36.4 Å². The van der Waals surface area contributed by atoms with E-state index >= 15 is 0 Å². The number of nitrogens with one attached hydrogen (secondary N) is 2. The zero-order valence-electron chi connectivity index (χ0n) is 13.8. The van der Waals surface area contributed by atoms with Crippen LogP contribution >= 0.6 is 0 Å². The third-order valence-electron chi connectivity index (χ3n) is 4.04. The molecule has 3 aromatic carbocycles. The number of fused-ring (bicyclic) bond motifs is 1. The first kappa shape index (κ1) is 16.6. The van der Waals surface area contributed by atoms with Gasteiger partial charge in [-0.05, 0) is 34.5 Å². The molecule has 0 bridgehead atoms. The number of rotatable bonds is 4. The highest BCUT2D eigenvalue weighted by Gasteiger charge is 2.14. The summed E-state index contributed by atoms with van der Waals surface area (Å²) in [6, 6.07) is 16.4. The van der Waals surface area contributed by atoms with E-state index in [0.29, 0.717) is 16.7 Å². The molecule has 0 aliphatic carbocycles. The minimum atomic E-state index is -0.594. The Morgan fingerprint density at radius 2 is 1.84 bits per heavy atom. The molecule has 0 radical (unpaired) electrons. The van der Waals surface area contributed by atoms with Crippen molar-refractivity contribution in [3.63, 3.8) is 0 Å². The summed E-state index contributed by atoms with van der Waals surface area (Å²) in [4.78, 5) is 11.1. The van der Waals surface area contributed by atoms with E-state index in [9.17, 15) is 9.18 Å². The maximum absolute atomic E-state index is 14.2. The predicted molar refractivity (Wildman–Crippen MR) is 98.2 cm³/mol. The van der Waals surface area contributed by atoms with Gasteiger partial charge in [-0.2, -0.15) is 0 Å². The molecule has 0 atom stereocenters. The largest absolute Gasteiger partial charge is 0.396 e. The highest BCUT2D eigenvalue weighted by Crippen LogP contribution is 2.24. The Labute approximate surface area is 145 Å². The molecule has 3 rings (SSSR count). The first-order valence-corrected chi connectivity index (χ1v) is 7.86. The van der Waals surface area contributed by atoms with Gasteiger partial charge in [-0.25, -0.2) is 4.39 Å². The molecule has 0 saturated heterocycles. The minimum absolute atomic E-state index is 0.0651. The van der Waals surface area contributed by atoms with Crippen molar-refractivity contribution in [1.82, 2.24) is 5.32 Å². The second-order valence-electron chi connectivity index (χ2n) is 5.89.